The van der Waals surface area contributed by atoms with Crippen molar-refractivity contribution in [2.24, 2.45) is 0 Å². The molecule has 1 radical (unpaired) electrons. The minimum atomic E-state index is -2.23. The summed E-state index contributed by atoms with van der Waals surface area (Å²) in [5.74, 6) is -0.276. The van der Waals surface area contributed by atoms with Crippen LogP contribution in [0.4, 0.5) is 0 Å². The van der Waals surface area contributed by atoms with Crippen molar-refractivity contribution in [2.45, 2.75) is 66.0 Å². The van der Waals surface area contributed by atoms with Gasteiger partial charge in [-0.15, -0.1) is 53.1 Å². The Hall–Kier alpha value is -4.51. The number of rotatable bonds is 7. The van der Waals surface area contributed by atoms with Crippen LogP contribution in [0.2, 0.25) is 19.6 Å². The molecule has 5 heteroatoms. The Morgan fingerprint density at radius 1 is 0.745 bits per heavy atom. The second-order valence-corrected chi connectivity index (χ2v) is 21.4. The summed E-state index contributed by atoms with van der Waals surface area (Å²) in [4.78, 5) is 9.36. The number of pyridine rings is 2. The number of hydrogen-bond acceptors (Lipinski definition) is 3. The Labute approximate surface area is 351 Å². The van der Waals surface area contributed by atoms with Crippen molar-refractivity contribution in [3.05, 3.63) is 163 Å². The van der Waals surface area contributed by atoms with Crippen molar-refractivity contribution < 1.29 is 25.6 Å². The van der Waals surface area contributed by atoms with Crippen LogP contribution in [0.25, 0.3) is 64.9 Å². The van der Waals surface area contributed by atoms with Crippen molar-refractivity contribution in [3.8, 4) is 44.8 Å². The number of aryl methyl sites for hydroxylation is 1. The number of fused-ring (bicyclic) bond motifs is 3. The molecule has 0 aliphatic rings. The molecule has 0 amide bonds. The van der Waals surface area contributed by atoms with Crippen LogP contribution in [0.1, 0.15) is 61.7 Å². The molecular weight excluding hydrogens is 881 g/mol. The topological polar surface area (TPSA) is 25.8 Å². The van der Waals surface area contributed by atoms with Gasteiger partial charge in [0.1, 0.15) is 0 Å². The maximum absolute atomic E-state index is 8.66. The van der Waals surface area contributed by atoms with E-state index in [1.165, 1.54) is 42.0 Å². The summed E-state index contributed by atoms with van der Waals surface area (Å²) >= 11 is 1.83. The van der Waals surface area contributed by atoms with Crippen molar-refractivity contribution in [2.75, 3.05) is 0 Å². The molecular formula is C50H48IrN2SSi-2. The molecule has 3 aromatic heterocycles. The van der Waals surface area contributed by atoms with E-state index in [9.17, 15) is 0 Å². The normalized spacial score (nSPS) is 12.9. The van der Waals surface area contributed by atoms with E-state index in [1.54, 1.807) is 6.07 Å². The van der Waals surface area contributed by atoms with Crippen LogP contribution in [-0.2, 0) is 20.1 Å². The third-order valence-corrected chi connectivity index (χ3v) is 13.0. The molecule has 3 heterocycles. The van der Waals surface area contributed by atoms with E-state index < -0.39 is 20.8 Å². The molecule has 0 spiro atoms. The standard InChI is InChI=1S/C26H20NS.C24H28NSi.Ir/c1-17(2)19-14-15-27-23(16-19)21-11-6-12-22-25-20(18-8-4-3-5-9-18)10-7-13-24(25)28-26(21)22;1-17(2)21-15-23(25-16-24(21)26(4,5)6)20-13-12-18(3)22(14-20)19-10-8-7-9-11-19;/h3-10,12-17H,1-2H3;7-12,14-17H,1-6H3;/q2*-1;/i;3D3,17D;. The van der Waals surface area contributed by atoms with E-state index in [-0.39, 0.29) is 25.7 Å². The van der Waals surface area contributed by atoms with Crippen molar-refractivity contribution in [1.82, 2.24) is 9.97 Å². The maximum atomic E-state index is 8.66. The van der Waals surface area contributed by atoms with Gasteiger partial charge < -0.3 is 9.97 Å². The van der Waals surface area contributed by atoms with Gasteiger partial charge in [0.2, 0.25) is 0 Å². The predicted molar refractivity (Wildman–Crippen MR) is 237 cm³/mol. The molecule has 0 N–H and O–H groups in total. The molecule has 0 aliphatic carbocycles. The van der Waals surface area contributed by atoms with Crippen LogP contribution in [0, 0.1) is 19.0 Å². The Kier molecular flexibility index (Phi) is 10.9. The van der Waals surface area contributed by atoms with E-state index in [0.29, 0.717) is 17.2 Å². The smallest absolute Gasteiger partial charge is 0.0799 e. The Bertz CT molecular complexity index is 2720. The molecule has 2 nitrogen and oxygen atoms in total. The maximum Gasteiger partial charge on any atom is 0.0799 e. The van der Waals surface area contributed by atoms with Gasteiger partial charge in [-0.3, -0.25) is 0 Å². The van der Waals surface area contributed by atoms with Gasteiger partial charge in [0, 0.05) is 42.7 Å². The predicted octanol–water partition coefficient (Wildman–Crippen LogP) is 13.9. The van der Waals surface area contributed by atoms with Crippen LogP contribution < -0.4 is 5.19 Å². The third-order valence-electron chi connectivity index (χ3n) is 9.81. The van der Waals surface area contributed by atoms with Gasteiger partial charge in [0.15, 0.2) is 0 Å². The fraction of sp³-hybridized carbons (Fsp3) is 0.200. The van der Waals surface area contributed by atoms with Gasteiger partial charge in [-0.05, 0) is 67.3 Å². The molecule has 0 atom stereocenters. The SMILES string of the molecule is CC(C)c1ccnc(-c2[c-]ccc3c2sc2cccc(-c4ccccc4)c23)c1.[2H]C([2H])([2H])c1c[c-]c(-c2cc(C([2H])(C)C)c([Si](C)(C)C)cn2)cc1-c1ccccc1.[Ir]. The summed E-state index contributed by atoms with van der Waals surface area (Å²) in [6.07, 6.45) is 3.82. The second-order valence-electron chi connectivity index (χ2n) is 15.3. The van der Waals surface area contributed by atoms with Crippen LogP contribution in [0.3, 0.4) is 0 Å². The van der Waals surface area contributed by atoms with E-state index in [0.717, 1.165) is 27.9 Å². The first-order valence-corrected chi connectivity index (χ1v) is 22.8. The van der Waals surface area contributed by atoms with Gasteiger partial charge in [-0.25, -0.2) is 0 Å². The molecule has 0 unspecified atom stereocenters. The van der Waals surface area contributed by atoms with Gasteiger partial charge >= 0.3 is 0 Å². The Balaban J connectivity index is 0.000000195. The zero-order valence-corrected chi connectivity index (χ0v) is 36.6. The van der Waals surface area contributed by atoms with Crippen LogP contribution in [0.5, 0.6) is 0 Å². The summed E-state index contributed by atoms with van der Waals surface area (Å²) in [7, 11) is -1.68. The third kappa shape index (κ3) is 8.66. The Morgan fingerprint density at radius 2 is 1.45 bits per heavy atom. The molecule has 0 saturated carbocycles. The Morgan fingerprint density at radius 3 is 2.11 bits per heavy atom. The number of nitrogens with zero attached hydrogens (tertiary/aromatic N) is 2. The molecule has 8 aromatic rings. The second kappa shape index (κ2) is 17.1. The molecule has 8 rings (SSSR count). The number of hydrogen-bond donors (Lipinski definition) is 0. The molecule has 55 heavy (non-hydrogen) atoms. The van der Waals surface area contributed by atoms with Crippen molar-refractivity contribution >= 4 is 44.8 Å². The minimum absolute atomic E-state index is 0. The summed E-state index contributed by atoms with van der Waals surface area (Å²) in [6, 6.07) is 47.3. The molecule has 279 valence electrons. The van der Waals surface area contributed by atoms with Gasteiger partial charge in [0.05, 0.1) is 8.07 Å². The van der Waals surface area contributed by atoms with Gasteiger partial charge in [0.25, 0.3) is 0 Å². The first-order valence-electron chi connectivity index (χ1n) is 20.5. The molecule has 0 aliphatic heterocycles. The molecule has 0 fully saturated rings. The monoisotopic (exact) mass is 933 g/mol. The summed E-state index contributed by atoms with van der Waals surface area (Å²) in [6.45, 7) is 12.8. The van der Waals surface area contributed by atoms with E-state index >= 15 is 0 Å². The van der Waals surface area contributed by atoms with Crippen LogP contribution in [-0.4, -0.2) is 18.0 Å². The average Bonchev–Trinajstić information content (AvgIpc) is 3.60. The number of aromatic nitrogens is 2. The number of thiophene rings is 1. The van der Waals surface area contributed by atoms with E-state index in [4.69, 9.17) is 10.5 Å². The zero-order valence-electron chi connectivity index (χ0n) is 36.4. The molecule has 0 saturated heterocycles. The fourth-order valence-electron chi connectivity index (χ4n) is 6.89. The largest absolute Gasteiger partial charge is 0.305 e. The number of benzene rings is 5. The first-order chi connectivity index (χ1) is 27.5. The van der Waals surface area contributed by atoms with Crippen molar-refractivity contribution in [1.29, 1.82) is 0 Å². The quantitative estimate of drug-likeness (QED) is 0.118. The van der Waals surface area contributed by atoms with Crippen LogP contribution in [0.15, 0.2) is 134 Å². The first kappa shape index (κ1) is 34.9. The molecule has 5 aromatic carbocycles. The fourth-order valence-corrected chi connectivity index (χ4v) is 9.71. The molecule has 0 bridgehead atoms. The van der Waals surface area contributed by atoms with Gasteiger partial charge in [-0.2, -0.15) is 11.3 Å². The van der Waals surface area contributed by atoms with Gasteiger partial charge in [-0.1, -0.05) is 161 Å². The summed E-state index contributed by atoms with van der Waals surface area (Å²) in [5.41, 5.74) is 10.1. The van der Waals surface area contributed by atoms with Crippen molar-refractivity contribution in [3.63, 3.8) is 0 Å². The minimum Gasteiger partial charge on any atom is -0.305 e. The summed E-state index contributed by atoms with van der Waals surface area (Å²) in [5, 5.41) is 3.78. The average molecular weight is 933 g/mol. The van der Waals surface area contributed by atoms with E-state index in [2.05, 4.69) is 117 Å². The summed E-state index contributed by atoms with van der Waals surface area (Å²) < 4.78 is 35.0. The zero-order chi connectivity index (χ0) is 41.4. The van der Waals surface area contributed by atoms with Crippen LogP contribution >= 0.6 is 11.3 Å². The van der Waals surface area contributed by atoms with E-state index in [1.807, 2.05) is 86.1 Å².